The van der Waals surface area contributed by atoms with E-state index in [0.29, 0.717) is 10.6 Å². The molecular weight excluding hydrogens is 604 g/mol. The van der Waals surface area contributed by atoms with Crippen molar-refractivity contribution in [3.63, 3.8) is 0 Å². The zero-order valence-electron chi connectivity index (χ0n) is 21.4. The third-order valence-electron chi connectivity index (χ3n) is 6.03. The number of hydrogen-bond donors (Lipinski definition) is 1. The van der Waals surface area contributed by atoms with Gasteiger partial charge in [0, 0.05) is 18.6 Å². The number of halogens is 4. The number of nitrogens with one attached hydrogen (secondary N) is 1. The Morgan fingerprint density at radius 2 is 1.54 bits per heavy atom. The molecule has 208 valence electrons. The van der Waals surface area contributed by atoms with Gasteiger partial charge in [0.15, 0.2) is 0 Å². The summed E-state index contributed by atoms with van der Waals surface area (Å²) in [6.07, 6.45) is 0.273. The van der Waals surface area contributed by atoms with Gasteiger partial charge in [-0.2, -0.15) is 0 Å². The number of hydrogen-bond acceptors (Lipinski definition) is 4. The van der Waals surface area contributed by atoms with Crippen LogP contribution in [-0.4, -0.2) is 44.8 Å². The summed E-state index contributed by atoms with van der Waals surface area (Å²) in [6, 6.07) is 14.5. The van der Waals surface area contributed by atoms with Crippen LogP contribution in [0.3, 0.4) is 0 Å². The topological polar surface area (TPSA) is 86.8 Å². The molecule has 3 aromatic rings. The highest BCUT2D eigenvalue weighted by Gasteiger charge is 2.34. The smallest absolute Gasteiger partial charge is 0.264 e. The highest BCUT2D eigenvalue weighted by atomic mass is 35.5. The van der Waals surface area contributed by atoms with Crippen molar-refractivity contribution in [3.8, 4) is 0 Å². The lowest BCUT2D eigenvalue weighted by Gasteiger charge is -2.33. The molecule has 0 saturated carbocycles. The van der Waals surface area contributed by atoms with Crippen molar-refractivity contribution in [2.24, 2.45) is 0 Å². The molecule has 1 N–H and O–H groups in total. The highest BCUT2D eigenvalue weighted by Crippen LogP contribution is 2.33. The molecule has 0 heterocycles. The van der Waals surface area contributed by atoms with Gasteiger partial charge in [0.25, 0.3) is 10.0 Å². The van der Waals surface area contributed by atoms with Crippen LogP contribution in [0.5, 0.6) is 0 Å². The molecule has 3 aromatic carbocycles. The molecule has 0 radical (unpaired) electrons. The van der Waals surface area contributed by atoms with Crippen molar-refractivity contribution in [1.29, 1.82) is 0 Å². The number of sulfonamides is 1. The molecular formula is C27H27Cl4N3O4S. The predicted octanol–water partition coefficient (Wildman–Crippen LogP) is 6.36. The maximum Gasteiger partial charge on any atom is 0.264 e. The van der Waals surface area contributed by atoms with Gasteiger partial charge < -0.3 is 10.2 Å². The molecule has 0 aliphatic heterocycles. The van der Waals surface area contributed by atoms with Crippen LogP contribution >= 0.6 is 46.4 Å². The normalized spacial score (nSPS) is 12.1. The molecule has 12 heteroatoms. The molecule has 0 aliphatic rings. The summed E-state index contributed by atoms with van der Waals surface area (Å²) in [5.74, 6) is -1.04. The lowest BCUT2D eigenvalue weighted by Crippen LogP contribution is -2.51. The first kappa shape index (κ1) is 31.0. The monoisotopic (exact) mass is 629 g/mol. The molecule has 0 aromatic heterocycles. The van der Waals surface area contributed by atoms with Crippen molar-refractivity contribution < 1.29 is 18.0 Å². The first-order valence-corrected chi connectivity index (χ1v) is 14.8. The third kappa shape index (κ3) is 7.38. The maximum atomic E-state index is 13.9. The first-order valence-electron chi connectivity index (χ1n) is 11.9. The van der Waals surface area contributed by atoms with Gasteiger partial charge in [-0.3, -0.25) is 13.9 Å². The Labute approximate surface area is 248 Å². The molecule has 0 saturated heterocycles. The molecule has 0 spiro atoms. The summed E-state index contributed by atoms with van der Waals surface area (Å²) in [6.45, 7) is 2.91. The minimum atomic E-state index is -4.28. The van der Waals surface area contributed by atoms with Crippen LogP contribution in [0, 0.1) is 6.92 Å². The average molecular weight is 631 g/mol. The van der Waals surface area contributed by atoms with Crippen molar-refractivity contribution in [2.45, 2.75) is 37.8 Å². The minimum absolute atomic E-state index is 0.0245. The number of aryl methyl sites for hydroxylation is 1. The molecule has 7 nitrogen and oxygen atoms in total. The van der Waals surface area contributed by atoms with Gasteiger partial charge in [-0.15, -0.1) is 0 Å². The van der Waals surface area contributed by atoms with Crippen molar-refractivity contribution in [2.75, 3.05) is 17.9 Å². The van der Waals surface area contributed by atoms with Gasteiger partial charge in [0.2, 0.25) is 11.8 Å². The molecule has 0 fully saturated rings. The molecule has 0 aliphatic carbocycles. The van der Waals surface area contributed by atoms with E-state index in [1.54, 1.807) is 37.3 Å². The number of rotatable bonds is 10. The zero-order valence-corrected chi connectivity index (χ0v) is 25.3. The fraction of sp³-hybridized carbons (Fsp3) is 0.259. The van der Waals surface area contributed by atoms with Gasteiger partial charge in [-0.05, 0) is 61.4 Å². The van der Waals surface area contributed by atoms with E-state index in [9.17, 15) is 18.0 Å². The van der Waals surface area contributed by atoms with Crippen molar-refractivity contribution in [3.05, 3.63) is 91.9 Å². The van der Waals surface area contributed by atoms with Crippen LogP contribution in [0.25, 0.3) is 0 Å². The Balaban J connectivity index is 2.11. The number of carbonyl (C=O) groups excluding carboxylic acids is 2. The van der Waals surface area contributed by atoms with Crippen LogP contribution in [-0.2, 0) is 26.2 Å². The lowest BCUT2D eigenvalue weighted by molar-refractivity contribution is -0.140. The summed E-state index contributed by atoms with van der Waals surface area (Å²) in [5, 5.41) is 3.50. The van der Waals surface area contributed by atoms with Gasteiger partial charge in [-0.1, -0.05) is 77.1 Å². The van der Waals surface area contributed by atoms with E-state index < -0.39 is 34.4 Å². The van der Waals surface area contributed by atoms with E-state index in [1.807, 2.05) is 6.92 Å². The Kier molecular flexibility index (Phi) is 10.5. The highest BCUT2D eigenvalue weighted by molar-refractivity contribution is 7.92. The Hall–Kier alpha value is -2.49. The molecule has 0 unspecified atom stereocenters. The van der Waals surface area contributed by atoms with Crippen LogP contribution < -0.4 is 9.62 Å². The Morgan fingerprint density at radius 1 is 0.897 bits per heavy atom. The van der Waals surface area contributed by atoms with Crippen LogP contribution in [0.15, 0.2) is 65.6 Å². The van der Waals surface area contributed by atoms with E-state index in [1.165, 1.54) is 42.3 Å². The SMILES string of the molecule is CC[C@@H](C(=O)NC)N(Cc1ccc(Cl)c(Cl)c1)C(=O)CN(c1cc(Cl)ccc1Cl)S(=O)(=O)c1ccc(C)cc1. The van der Waals surface area contributed by atoms with Gasteiger partial charge in [0.05, 0.1) is 25.7 Å². The van der Waals surface area contributed by atoms with Gasteiger partial charge >= 0.3 is 0 Å². The van der Waals surface area contributed by atoms with E-state index in [2.05, 4.69) is 5.32 Å². The van der Waals surface area contributed by atoms with Crippen molar-refractivity contribution >= 4 is 73.9 Å². The Bertz CT molecular complexity index is 1470. The third-order valence-corrected chi connectivity index (χ3v) is 9.10. The fourth-order valence-corrected chi connectivity index (χ4v) is 6.13. The number of likely N-dealkylation sites (N-methyl/N-ethyl adjacent to an activating group) is 1. The number of benzene rings is 3. The van der Waals surface area contributed by atoms with E-state index in [4.69, 9.17) is 46.4 Å². The standard InChI is InChI=1S/C27H27Cl4N3O4S/c1-4-24(27(36)32-3)33(15-18-7-11-21(29)23(31)13-18)26(35)16-34(25-14-19(28)8-12-22(25)30)39(37,38)20-9-5-17(2)6-10-20/h5-14,24H,4,15-16H2,1-3H3,(H,32,36)/t24-/m0/s1. The van der Waals surface area contributed by atoms with E-state index >= 15 is 0 Å². The number of carbonyl (C=O) groups is 2. The van der Waals surface area contributed by atoms with E-state index in [0.717, 1.165) is 9.87 Å². The summed E-state index contributed by atoms with van der Waals surface area (Å²) in [7, 11) is -2.81. The summed E-state index contributed by atoms with van der Waals surface area (Å²) < 4.78 is 28.7. The maximum absolute atomic E-state index is 13.9. The first-order chi connectivity index (χ1) is 18.4. The predicted molar refractivity (Wildman–Crippen MR) is 157 cm³/mol. The molecule has 0 bridgehead atoms. The van der Waals surface area contributed by atoms with E-state index in [-0.39, 0.29) is 38.6 Å². The van der Waals surface area contributed by atoms with Gasteiger partial charge in [0.1, 0.15) is 12.6 Å². The molecule has 3 rings (SSSR count). The van der Waals surface area contributed by atoms with Gasteiger partial charge in [-0.25, -0.2) is 8.42 Å². The number of nitrogens with zero attached hydrogens (tertiary/aromatic N) is 2. The second-order valence-corrected chi connectivity index (χ2v) is 12.2. The zero-order chi connectivity index (χ0) is 28.9. The fourth-order valence-electron chi connectivity index (χ4n) is 3.95. The van der Waals surface area contributed by atoms with Crippen LogP contribution in [0.2, 0.25) is 20.1 Å². The van der Waals surface area contributed by atoms with Crippen LogP contribution in [0.1, 0.15) is 24.5 Å². The quantitative estimate of drug-likeness (QED) is 0.283. The minimum Gasteiger partial charge on any atom is -0.357 e. The molecule has 1 atom stereocenters. The largest absolute Gasteiger partial charge is 0.357 e. The van der Waals surface area contributed by atoms with Crippen LogP contribution in [0.4, 0.5) is 5.69 Å². The second-order valence-electron chi connectivity index (χ2n) is 8.73. The molecule has 39 heavy (non-hydrogen) atoms. The Morgan fingerprint density at radius 3 is 2.13 bits per heavy atom. The summed E-state index contributed by atoms with van der Waals surface area (Å²) >= 11 is 24.8. The summed E-state index contributed by atoms with van der Waals surface area (Å²) in [5.41, 5.74) is 1.50. The second kappa shape index (κ2) is 13.2. The number of anilines is 1. The summed E-state index contributed by atoms with van der Waals surface area (Å²) in [4.78, 5) is 28.0. The number of amides is 2. The van der Waals surface area contributed by atoms with Crippen molar-refractivity contribution in [1.82, 2.24) is 10.2 Å². The average Bonchev–Trinajstić information content (AvgIpc) is 2.90. The molecule has 2 amide bonds. The lowest BCUT2D eigenvalue weighted by atomic mass is 10.1.